The molecule has 0 bridgehead atoms. The van der Waals surface area contributed by atoms with Gasteiger partial charge >= 0.3 is 11.8 Å². The molecule has 12 heteroatoms. The number of carbonyl (C=O) groups is 1. The minimum Gasteiger partial charge on any atom is -0.440 e. The smallest absolute Gasteiger partial charge is 0.410 e. The number of hydrogen-bond donors (Lipinski definition) is 3. The summed E-state index contributed by atoms with van der Waals surface area (Å²) < 4.78 is 36.3. The highest BCUT2D eigenvalue weighted by atomic mass is 19.2. The van der Waals surface area contributed by atoms with E-state index in [4.69, 9.17) is 4.74 Å². The second-order valence-electron chi connectivity index (χ2n) is 10.2. The van der Waals surface area contributed by atoms with Crippen LogP contribution in [0.1, 0.15) is 60.8 Å². The number of H-pyrrole nitrogens is 1. The van der Waals surface area contributed by atoms with Crippen LogP contribution in [-0.4, -0.2) is 53.8 Å². The molecule has 2 aliphatic rings. The molecule has 3 N–H and O–H groups in total. The molecule has 0 radical (unpaired) electrons. The molecule has 6 rings (SSSR count). The summed E-state index contributed by atoms with van der Waals surface area (Å²) in [5.74, 6) is -2.40. The van der Waals surface area contributed by atoms with Crippen molar-refractivity contribution >= 4 is 17.3 Å². The van der Waals surface area contributed by atoms with Gasteiger partial charge in [0, 0.05) is 42.7 Å². The number of imidazole rings is 1. The first kappa shape index (κ1) is 26.1. The van der Waals surface area contributed by atoms with E-state index in [9.17, 15) is 28.6 Å². The van der Waals surface area contributed by atoms with Crippen LogP contribution in [0.25, 0.3) is 11.2 Å². The Kier molecular flexibility index (Phi) is 6.59. The monoisotopic (exact) mass is 551 g/mol. The number of likely N-dealkylation sites (tertiary alicyclic amines) is 1. The molecular weight excluding hydrogens is 524 g/mol. The van der Waals surface area contributed by atoms with Crippen molar-refractivity contribution in [2.45, 2.75) is 49.5 Å². The maximum absolute atomic E-state index is 14.7. The second kappa shape index (κ2) is 10.1. The summed E-state index contributed by atoms with van der Waals surface area (Å²) in [7, 11) is 0. The molecule has 4 aromatic rings. The van der Waals surface area contributed by atoms with E-state index in [1.807, 2.05) is 6.07 Å². The van der Waals surface area contributed by atoms with Crippen LogP contribution >= 0.6 is 0 Å². The number of nitrogens with one attached hydrogen (secondary N) is 1. The van der Waals surface area contributed by atoms with Crippen LogP contribution < -0.4 is 5.69 Å². The van der Waals surface area contributed by atoms with Crippen LogP contribution in [0.2, 0.25) is 0 Å². The average molecular weight is 552 g/mol. The Labute approximate surface area is 226 Å². The van der Waals surface area contributed by atoms with E-state index >= 15 is 0 Å². The number of fused-ring (bicyclic) bond motifs is 2. The van der Waals surface area contributed by atoms with Gasteiger partial charge in [0.2, 0.25) is 0 Å². The van der Waals surface area contributed by atoms with Gasteiger partial charge in [-0.05, 0) is 49.9 Å². The standard InChI is InChI=1S/C28H27F2N5O5/c29-19-6-1-5-18(22(19)30)28(39)11-8-21(23-17(24(28)36)4-2-12-31-23)40-27(38)34-14-9-16(10-15-34)35-20-7-3-13-32-25(20)33-26(35)37/h1-7,12-13,16,21,24,36,39H,8-11,14-15H2,(H,32,33,37). The molecule has 4 heterocycles. The third kappa shape index (κ3) is 4.33. The van der Waals surface area contributed by atoms with Gasteiger partial charge in [0.1, 0.15) is 17.8 Å². The number of rotatable bonds is 3. The van der Waals surface area contributed by atoms with Crippen molar-refractivity contribution in [3.05, 3.63) is 93.8 Å². The van der Waals surface area contributed by atoms with Crippen molar-refractivity contribution in [1.82, 2.24) is 24.4 Å². The van der Waals surface area contributed by atoms with Crippen molar-refractivity contribution < 1.29 is 28.5 Å². The van der Waals surface area contributed by atoms with Gasteiger partial charge in [0.15, 0.2) is 17.3 Å². The largest absolute Gasteiger partial charge is 0.440 e. The maximum Gasteiger partial charge on any atom is 0.410 e. The molecule has 1 aliphatic heterocycles. The van der Waals surface area contributed by atoms with Crippen molar-refractivity contribution in [3.63, 3.8) is 0 Å². The highest BCUT2D eigenvalue weighted by molar-refractivity contribution is 5.70. The molecule has 3 aromatic heterocycles. The lowest BCUT2D eigenvalue weighted by molar-refractivity contribution is -0.0925. The zero-order chi connectivity index (χ0) is 28.0. The Morgan fingerprint density at radius 3 is 2.60 bits per heavy atom. The van der Waals surface area contributed by atoms with E-state index in [0.717, 1.165) is 6.07 Å². The second-order valence-corrected chi connectivity index (χ2v) is 10.2. The Balaban J connectivity index is 1.20. The first-order valence-corrected chi connectivity index (χ1v) is 13.1. The summed E-state index contributed by atoms with van der Waals surface area (Å²) in [6.45, 7) is 0.678. The van der Waals surface area contributed by atoms with Gasteiger partial charge in [-0.15, -0.1) is 0 Å². The number of ether oxygens (including phenoxy) is 1. The number of aromatic nitrogens is 4. The number of halogens is 2. The number of pyridine rings is 2. The zero-order valence-corrected chi connectivity index (χ0v) is 21.3. The first-order valence-electron chi connectivity index (χ1n) is 13.1. The van der Waals surface area contributed by atoms with Crippen LogP contribution in [0, 0.1) is 11.6 Å². The van der Waals surface area contributed by atoms with Crippen molar-refractivity contribution in [2.75, 3.05) is 13.1 Å². The Bertz CT molecular complexity index is 1630. The molecule has 0 spiro atoms. The quantitative estimate of drug-likeness (QED) is 0.331. The maximum atomic E-state index is 14.7. The molecular formula is C28H27F2N5O5. The van der Waals surface area contributed by atoms with Gasteiger partial charge in [0.05, 0.1) is 11.2 Å². The van der Waals surface area contributed by atoms with Crippen molar-refractivity contribution in [3.8, 4) is 0 Å². The molecule has 0 saturated carbocycles. The number of benzene rings is 1. The lowest BCUT2D eigenvalue weighted by atomic mass is 9.82. The third-order valence-corrected chi connectivity index (χ3v) is 7.95. The van der Waals surface area contributed by atoms with Crippen molar-refractivity contribution in [1.29, 1.82) is 0 Å². The molecule has 1 aliphatic carbocycles. The predicted molar refractivity (Wildman–Crippen MR) is 138 cm³/mol. The van der Waals surface area contributed by atoms with E-state index in [-0.39, 0.29) is 41.4 Å². The molecule has 208 valence electrons. The molecule has 3 unspecified atom stereocenters. The van der Waals surface area contributed by atoms with E-state index < -0.39 is 35.5 Å². The number of hydrogen-bond acceptors (Lipinski definition) is 7. The fourth-order valence-corrected chi connectivity index (χ4v) is 5.87. The Morgan fingerprint density at radius 1 is 1.05 bits per heavy atom. The average Bonchev–Trinajstić information content (AvgIpc) is 3.26. The SMILES string of the molecule is O=C(OC1CCC(O)(c2cccc(F)c2F)C(O)c2cccnc21)N1CCC(n2c(=O)[nH]c3ncccc32)CC1. The minimum atomic E-state index is -2.18. The molecule has 1 saturated heterocycles. The summed E-state index contributed by atoms with van der Waals surface area (Å²) in [4.78, 5) is 38.6. The van der Waals surface area contributed by atoms with Gasteiger partial charge in [-0.25, -0.2) is 23.4 Å². The highest BCUT2D eigenvalue weighted by Gasteiger charge is 2.46. The Morgan fingerprint density at radius 2 is 1.80 bits per heavy atom. The summed E-state index contributed by atoms with van der Waals surface area (Å²) in [6, 6.07) is 9.93. The van der Waals surface area contributed by atoms with E-state index in [0.29, 0.717) is 37.1 Å². The lowest BCUT2D eigenvalue weighted by Gasteiger charge is -2.33. The van der Waals surface area contributed by atoms with Crippen LogP contribution in [-0.2, 0) is 10.3 Å². The molecule has 1 fully saturated rings. The normalized spacial score (nSPS) is 23.6. The van der Waals surface area contributed by atoms with Gasteiger partial charge < -0.3 is 19.8 Å². The van der Waals surface area contributed by atoms with E-state index in [2.05, 4.69) is 15.0 Å². The molecule has 3 atom stereocenters. The fraction of sp³-hybridized carbons (Fsp3) is 0.357. The minimum absolute atomic E-state index is 0.00741. The van der Waals surface area contributed by atoms with Crippen LogP contribution in [0.15, 0.2) is 59.7 Å². The molecule has 1 aromatic carbocycles. The van der Waals surface area contributed by atoms with Gasteiger partial charge in [-0.2, -0.15) is 0 Å². The molecule has 1 amide bonds. The van der Waals surface area contributed by atoms with Crippen LogP contribution in [0.5, 0.6) is 0 Å². The lowest BCUT2D eigenvalue weighted by Crippen LogP contribution is -2.41. The number of nitrogens with zero attached hydrogens (tertiary/aromatic N) is 4. The third-order valence-electron chi connectivity index (χ3n) is 7.95. The van der Waals surface area contributed by atoms with Crippen LogP contribution in [0.4, 0.5) is 13.6 Å². The number of aliphatic hydroxyl groups is 2. The van der Waals surface area contributed by atoms with Crippen LogP contribution in [0.3, 0.4) is 0 Å². The van der Waals surface area contributed by atoms with Gasteiger partial charge in [-0.3, -0.25) is 14.5 Å². The Hall–Kier alpha value is -4.16. The zero-order valence-electron chi connectivity index (χ0n) is 21.3. The predicted octanol–water partition coefficient (Wildman–Crippen LogP) is 3.63. The summed E-state index contributed by atoms with van der Waals surface area (Å²) in [6.07, 6.45) is 0.719. The number of aliphatic hydroxyl groups excluding tert-OH is 1. The summed E-state index contributed by atoms with van der Waals surface area (Å²) in [5.41, 5.74) is -1.20. The van der Waals surface area contributed by atoms with Gasteiger partial charge in [0.25, 0.3) is 0 Å². The number of aromatic amines is 1. The van der Waals surface area contributed by atoms with E-state index in [1.165, 1.54) is 29.3 Å². The molecule has 40 heavy (non-hydrogen) atoms. The van der Waals surface area contributed by atoms with Crippen molar-refractivity contribution in [2.24, 2.45) is 0 Å². The fourth-order valence-electron chi connectivity index (χ4n) is 5.87. The number of piperidine rings is 1. The highest BCUT2D eigenvalue weighted by Crippen LogP contribution is 2.47. The first-order chi connectivity index (χ1) is 19.3. The topological polar surface area (TPSA) is 134 Å². The van der Waals surface area contributed by atoms with Gasteiger partial charge in [-0.1, -0.05) is 18.2 Å². The summed E-state index contributed by atoms with van der Waals surface area (Å²) in [5, 5.41) is 22.7. The number of carbonyl (C=O) groups excluding carboxylic acids is 1. The molecule has 10 nitrogen and oxygen atoms in total. The van der Waals surface area contributed by atoms with E-state index in [1.54, 1.807) is 22.9 Å². The number of amides is 1. The summed E-state index contributed by atoms with van der Waals surface area (Å²) >= 11 is 0.